The van der Waals surface area contributed by atoms with Crippen molar-refractivity contribution in [2.24, 2.45) is 15.7 Å². The first-order chi connectivity index (χ1) is 20.0. The number of guanidine groups is 1. The number of ether oxygens (including phenoxy) is 1. The Morgan fingerprint density at radius 3 is 2.46 bits per heavy atom. The zero-order chi connectivity index (χ0) is 31.0. The molecule has 226 valence electrons. The second-order valence-electron chi connectivity index (χ2n) is 7.21. The van der Waals surface area contributed by atoms with Crippen LogP contribution in [0.25, 0.3) is 22.7 Å². The maximum absolute atomic E-state index is 14.6. The molecule has 0 aliphatic heterocycles. The summed E-state index contributed by atoms with van der Waals surface area (Å²) >= 11 is 1.36. The van der Waals surface area contributed by atoms with Gasteiger partial charge >= 0.3 is 0 Å². The van der Waals surface area contributed by atoms with Crippen LogP contribution >= 0.6 is 11.9 Å². The minimum absolute atomic E-state index is 0.330. The van der Waals surface area contributed by atoms with Crippen LogP contribution in [0.1, 0.15) is 39.2 Å². The second kappa shape index (κ2) is 22.9. The minimum atomic E-state index is -0.340. The Labute approximate surface area is 243 Å². The lowest BCUT2D eigenvalue weighted by molar-refractivity contribution is 0.395. The van der Waals surface area contributed by atoms with E-state index in [0.717, 1.165) is 6.42 Å². The van der Waals surface area contributed by atoms with Gasteiger partial charge in [-0.2, -0.15) is 0 Å². The van der Waals surface area contributed by atoms with Gasteiger partial charge in [0.05, 0.1) is 40.4 Å². The van der Waals surface area contributed by atoms with Gasteiger partial charge in [0.25, 0.3) is 0 Å². The number of rotatable bonds is 12. The molecular formula is C27H38F3N7O3S. The summed E-state index contributed by atoms with van der Waals surface area (Å²) in [6, 6.07) is 6.47. The van der Waals surface area contributed by atoms with Crippen LogP contribution in [-0.4, -0.2) is 72.6 Å². The maximum Gasteiger partial charge on any atom is 0.234 e. The summed E-state index contributed by atoms with van der Waals surface area (Å²) in [5, 5.41) is 4.05. The average Bonchev–Trinajstić information content (AvgIpc) is 3.53. The van der Waals surface area contributed by atoms with E-state index in [1.165, 1.54) is 43.6 Å². The fourth-order valence-corrected chi connectivity index (χ4v) is 4.01. The zero-order valence-electron chi connectivity index (χ0n) is 24.2. The highest BCUT2D eigenvalue weighted by molar-refractivity contribution is 7.96. The third-order valence-corrected chi connectivity index (χ3v) is 5.96. The monoisotopic (exact) mass is 597 g/mol. The van der Waals surface area contributed by atoms with Crippen molar-refractivity contribution >= 4 is 24.0 Å². The number of alkyl halides is 2. The molecular weight excluding hydrogens is 559 g/mol. The fraction of sp³-hybridized carbons (Fsp3) is 0.444. The normalized spacial score (nSPS) is 10.0. The molecule has 2 heterocycles. The van der Waals surface area contributed by atoms with Crippen molar-refractivity contribution in [3.05, 3.63) is 48.0 Å². The molecule has 0 aliphatic carbocycles. The van der Waals surface area contributed by atoms with Crippen molar-refractivity contribution in [2.45, 2.75) is 39.4 Å². The average molecular weight is 598 g/mol. The molecule has 2 N–H and O–H groups in total. The van der Waals surface area contributed by atoms with Gasteiger partial charge in [0.2, 0.25) is 17.9 Å². The van der Waals surface area contributed by atoms with Crippen LogP contribution in [0.4, 0.5) is 13.2 Å². The van der Waals surface area contributed by atoms with Crippen LogP contribution in [0.3, 0.4) is 0 Å². The van der Waals surface area contributed by atoms with Crippen molar-refractivity contribution in [1.29, 1.82) is 0 Å². The van der Waals surface area contributed by atoms with Crippen molar-refractivity contribution in [2.75, 3.05) is 41.1 Å². The number of carbonyl (C=O) groups excluding carboxylic acids is 1. The Kier molecular flexibility index (Phi) is 20.7. The molecule has 0 unspecified atom stereocenters. The van der Waals surface area contributed by atoms with Gasteiger partial charge in [-0.3, -0.25) is 18.1 Å². The standard InChI is InChI=1S/C23H26FN7O3S.C2H6.2CH3F/c1-3-27-23(25)31(9-5-4-8-26-15-32)35-14-17-10-16(6-7-18(17)24)21-11-19(30-34-21)20-12-29-22(33-2)13-28-20;3*1-2/h6-7,10-13H,3-5,8-9,14H2,1-2H3,(H2,25,27);1-2H3;2*1H3. The van der Waals surface area contributed by atoms with Gasteiger partial charge in [-0.05, 0) is 49.9 Å². The lowest BCUT2D eigenvalue weighted by Gasteiger charge is -2.22. The summed E-state index contributed by atoms with van der Waals surface area (Å²) in [5.74, 6) is 1.23. The summed E-state index contributed by atoms with van der Waals surface area (Å²) in [6.45, 7) is 7.42. The number of benzene rings is 1. The number of nitrogens with two attached hydrogens (primary N) is 1. The summed E-state index contributed by atoms with van der Waals surface area (Å²) in [5.41, 5.74) is 8.29. The molecule has 0 aliphatic rings. The number of hydrogen-bond acceptors (Lipinski definition) is 9. The number of methoxy groups -OCH3 is 1. The van der Waals surface area contributed by atoms with Gasteiger partial charge < -0.3 is 15.0 Å². The van der Waals surface area contributed by atoms with Crippen LogP contribution in [0.15, 0.2) is 51.2 Å². The molecule has 2 aromatic heterocycles. The van der Waals surface area contributed by atoms with Gasteiger partial charge in [-0.15, -0.1) is 0 Å². The third kappa shape index (κ3) is 12.9. The van der Waals surface area contributed by atoms with E-state index in [-0.39, 0.29) is 5.82 Å². The van der Waals surface area contributed by atoms with Gasteiger partial charge in [0, 0.05) is 36.0 Å². The minimum Gasteiger partial charge on any atom is -0.480 e. The zero-order valence-corrected chi connectivity index (χ0v) is 25.1. The van der Waals surface area contributed by atoms with Crippen LogP contribution in [0.2, 0.25) is 0 Å². The van der Waals surface area contributed by atoms with E-state index in [1.807, 2.05) is 25.1 Å². The molecule has 0 saturated carbocycles. The number of halogens is 3. The van der Waals surface area contributed by atoms with E-state index >= 15 is 0 Å². The molecule has 3 rings (SSSR count). The predicted molar refractivity (Wildman–Crippen MR) is 157 cm³/mol. The quantitative estimate of drug-likeness (QED) is 0.0872. The van der Waals surface area contributed by atoms with Crippen molar-refractivity contribution in [3.63, 3.8) is 0 Å². The SMILES string of the molecule is CC.CCN=C(N)N(CCCCN=C=O)SCc1cc(-c2cc(-c3cnc(OC)cn3)no2)ccc1F.CF.CF. The smallest absolute Gasteiger partial charge is 0.234 e. The second-order valence-corrected chi connectivity index (χ2v) is 8.20. The molecule has 0 radical (unpaired) electrons. The lowest BCUT2D eigenvalue weighted by Crippen LogP contribution is -2.33. The summed E-state index contributed by atoms with van der Waals surface area (Å²) < 4.78 is 45.9. The molecule has 0 spiro atoms. The van der Waals surface area contributed by atoms with E-state index in [0.29, 0.717) is 86.3 Å². The van der Waals surface area contributed by atoms with E-state index < -0.39 is 0 Å². The molecule has 14 heteroatoms. The van der Waals surface area contributed by atoms with Gasteiger partial charge in [-0.1, -0.05) is 19.0 Å². The topological polar surface area (TPSA) is 132 Å². The number of unbranched alkanes of at least 4 members (excludes halogenated alkanes) is 1. The van der Waals surface area contributed by atoms with E-state index in [9.17, 15) is 18.0 Å². The maximum atomic E-state index is 14.6. The highest BCUT2D eigenvalue weighted by Crippen LogP contribution is 2.29. The predicted octanol–water partition coefficient (Wildman–Crippen LogP) is 6.04. The number of aromatic nitrogens is 3. The molecule has 1 aromatic carbocycles. The molecule has 3 aromatic rings. The lowest BCUT2D eigenvalue weighted by atomic mass is 10.1. The molecule has 0 bridgehead atoms. The van der Waals surface area contributed by atoms with Crippen LogP contribution in [-0.2, 0) is 10.5 Å². The molecule has 0 atom stereocenters. The Morgan fingerprint density at radius 1 is 1.12 bits per heavy atom. The van der Waals surface area contributed by atoms with Gasteiger partial charge in [0.1, 0.15) is 17.2 Å². The van der Waals surface area contributed by atoms with Crippen molar-refractivity contribution in [1.82, 2.24) is 19.4 Å². The first-order valence-corrected chi connectivity index (χ1v) is 13.6. The first kappa shape index (κ1) is 37.1. The Balaban J connectivity index is 0.00000250. The van der Waals surface area contributed by atoms with Crippen LogP contribution < -0.4 is 10.5 Å². The molecule has 10 nitrogen and oxygen atoms in total. The highest BCUT2D eigenvalue weighted by atomic mass is 32.2. The molecule has 0 fully saturated rings. The Hall–Kier alpha value is -3.90. The van der Waals surface area contributed by atoms with Gasteiger partial charge in [0.15, 0.2) is 5.76 Å². The number of aliphatic imine (C=N–C) groups is 2. The Morgan fingerprint density at radius 2 is 1.85 bits per heavy atom. The molecule has 0 saturated heterocycles. The van der Waals surface area contributed by atoms with Crippen molar-refractivity contribution in [3.8, 4) is 28.6 Å². The van der Waals surface area contributed by atoms with E-state index in [4.69, 9.17) is 15.0 Å². The molecule has 41 heavy (non-hydrogen) atoms. The van der Waals surface area contributed by atoms with Crippen molar-refractivity contribution < 1.29 is 27.2 Å². The Bertz CT molecular complexity index is 1190. The number of nitrogens with zero attached hydrogens (tertiary/aromatic N) is 6. The fourth-order valence-electron chi connectivity index (χ4n) is 3.05. The van der Waals surface area contributed by atoms with E-state index in [1.54, 1.807) is 18.2 Å². The van der Waals surface area contributed by atoms with Gasteiger partial charge in [-0.25, -0.2) is 24.1 Å². The summed E-state index contributed by atoms with van der Waals surface area (Å²) in [7, 11) is 2.51. The largest absolute Gasteiger partial charge is 0.480 e. The summed E-state index contributed by atoms with van der Waals surface area (Å²) in [6.07, 6.45) is 6.01. The highest BCUT2D eigenvalue weighted by Gasteiger charge is 2.15. The van der Waals surface area contributed by atoms with Crippen LogP contribution in [0.5, 0.6) is 5.88 Å². The van der Waals surface area contributed by atoms with E-state index in [2.05, 4.69) is 25.1 Å². The van der Waals surface area contributed by atoms with Crippen LogP contribution in [0, 0.1) is 5.82 Å². The number of isocyanates is 1. The summed E-state index contributed by atoms with van der Waals surface area (Å²) in [4.78, 5) is 26.4. The molecule has 0 amide bonds. The first-order valence-electron chi connectivity index (χ1n) is 12.7. The number of hydrogen-bond donors (Lipinski definition) is 1. The third-order valence-electron chi connectivity index (χ3n) is 4.84.